The van der Waals surface area contributed by atoms with E-state index in [1.165, 1.54) is 17.9 Å². The van der Waals surface area contributed by atoms with Gasteiger partial charge in [0.25, 0.3) is 6.47 Å². The lowest BCUT2D eigenvalue weighted by atomic mass is 10.2. The number of aromatic nitrogens is 2. The number of alkyl halides is 1. The molecule has 15 heteroatoms. The average Bonchev–Trinajstić information content (AvgIpc) is 3.36. The summed E-state index contributed by atoms with van der Waals surface area (Å²) in [6.45, 7) is 6.37. The summed E-state index contributed by atoms with van der Waals surface area (Å²) in [5.41, 5.74) is 5.85. The van der Waals surface area contributed by atoms with Crippen molar-refractivity contribution < 1.29 is 37.8 Å². The van der Waals surface area contributed by atoms with E-state index in [4.69, 9.17) is 34.2 Å². The van der Waals surface area contributed by atoms with Crippen LogP contribution in [0, 0.1) is 6.92 Å². The van der Waals surface area contributed by atoms with Crippen molar-refractivity contribution >= 4 is 37.6 Å². The number of carboxylic acid groups (broad SMARTS) is 1. The number of nitrogens with two attached hydrogens (primary N) is 1. The molecule has 0 saturated carbocycles. The number of carbonyl (C=O) groups is 2. The van der Waals surface area contributed by atoms with Crippen LogP contribution in [0.3, 0.4) is 0 Å². The molecule has 2 aromatic rings. The summed E-state index contributed by atoms with van der Waals surface area (Å²) in [5.74, 6) is -0.101. The molecule has 0 spiro atoms. The number of hydrogen-bond donors (Lipinski definition) is 3. The highest BCUT2D eigenvalue weighted by Crippen LogP contribution is 2.45. The lowest BCUT2D eigenvalue weighted by Crippen LogP contribution is -2.36. The Morgan fingerprint density at radius 3 is 2.51 bits per heavy atom. The molecule has 4 atom stereocenters. The Morgan fingerprint density at radius 2 is 1.92 bits per heavy atom. The lowest BCUT2D eigenvalue weighted by Gasteiger charge is -2.24. The second-order valence-electron chi connectivity index (χ2n) is 8.43. The molecule has 3 rings (SSSR count). The van der Waals surface area contributed by atoms with Gasteiger partial charge < -0.3 is 24.8 Å². The van der Waals surface area contributed by atoms with Gasteiger partial charge in [-0.2, -0.15) is 10.1 Å². The van der Waals surface area contributed by atoms with E-state index in [9.17, 15) is 14.2 Å². The van der Waals surface area contributed by atoms with Crippen LogP contribution in [0.1, 0.15) is 45.4 Å². The molecular weight excluding hydrogens is 555 g/mol. The molecule has 4 unspecified atom stereocenters. The van der Waals surface area contributed by atoms with E-state index in [-0.39, 0.29) is 25.0 Å². The Kier molecular flexibility index (Phi) is 14.7. The van der Waals surface area contributed by atoms with E-state index >= 15 is 0 Å². The van der Waals surface area contributed by atoms with Crippen LogP contribution in [-0.2, 0) is 28.2 Å². The van der Waals surface area contributed by atoms with Gasteiger partial charge in [0.15, 0.2) is 0 Å². The van der Waals surface area contributed by atoms with E-state index in [0.29, 0.717) is 24.2 Å². The third kappa shape index (κ3) is 11.4. The fraction of sp³-hybridized carbons (Fsp3) is 0.500. The second kappa shape index (κ2) is 16.9. The molecule has 1 aromatic carbocycles. The van der Waals surface area contributed by atoms with Crippen LogP contribution in [0.5, 0.6) is 5.75 Å². The number of esters is 1. The summed E-state index contributed by atoms with van der Waals surface area (Å²) in [6.07, 6.45) is 2.83. The van der Waals surface area contributed by atoms with Gasteiger partial charge in [-0.25, -0.2) is 9.36 Å². The predicted octanol–water partition coefficient (Wildman–Crippen LogP) is 3.50. The van der Waals surface area contributed by atoms with Crippen molar-refractivity contribution in [3.63, 3.8) is 0 Å². The maximum absolute atomic E-state index is 13.5. The van der Waals surface area contributed by atoms with E-state index in [1.807, 2.05) is 0 Å². The molecule has 1 saturated heterocycles. The van der Waals surface area contributed by atoms with Gasteiger partial charge in [0.2, 0.25) is 0 Å². The van der Waals surface area contributed by atoms with Crippen LogP contribution >= 0.6 is 19.3 Å². The van der Waals surface area contributed by atoms with Crippen molar-refractivity contribution in [1.82, 2.24) is 14.6 Å². The monoisotopic (exact) mass is 590 g/mol. The van der Waals surface area contributed by atoms with Gasteiger partial charge in [0.1, 0.15) is 23.8 Å². The predicted molar refractivity (Wildman–Crippen MR) is 146 cm³/mol. The largest absolute Gasteiger partial charge is 0.483 e. The van der Waals surface area contributed by atoms with Crippen LogP contribution in [0.25, 0.3) is 0 Å². The number of rotatable bonds is 10. The molecule has 4 N–H and O–H groups in total. The quantitative estimate of drug-likeness (QED) is 0.159. The number of hydrogen-bond acceptors (Lipinski definition) is 10. The molecule has 1 aromatic heterocycles. The standard InChI is InChI=1S/C22H31N4O7P.CH3Cl.CH2O2/c1-14(2)31-21(27)16(4)25-34(29,33-17-8-6-5-7-9-17)30-13-18-10-11-19(32-18)26-12-15(3)20(23)24-22(26)28;1-2;2-1-3/h5-9,12,14,16,18-19H,10-11,13H2,1-4H3,(H,25,29)(H2,23,24,28);1H3;1H,(H,2,3). The van der Waals surface area contributed by atoms with Crippen LogP contribution in [-0.4, -0.2) is 58.3 Å². The first-order valence-corrected chi connectivity index (χ1v) is 14.2. The number of ether oxygens (including phenoxy) is 2. The molecular formula is C24H36ClN4O9P. The summed E-state index contributed by atoms with van der Waals surface area (Å²) in [6, 6.07) is 7.54. The Morgan fingerprint density at radius 1 is 1.31 bits per heavy atom. The maximum Gasteiger partial charge on any atom is 0.459 e. The lowest BCUT2D eigenvalue weighted by molar-refractivity contribution is -0.149. The van der Waals surface area contributed by atoms with Crippen molar-refractivity contribution in [2.75, 3.05) is 18.7 Å². The molecule has 0 aliphatic carbocycles. The molecule has 2 heterocycles. The minimum Gasteiger partial charge on any atom is -0.483 e. The van der Waals surface area contributed by atoms with Crippen molar-refractivity contribution in [3.8, 4) is 5.75 Å². The maximum atomic E-state index is 13.5. The SMILES string of the molecule is CCl.Cc1cn(C2CCC(COP(=O)(NC(C)C(=O)OC(C)C)Oc3ccccc3)O2)c(=O)nc1N.O=CO. The van der Waals surface area contributed by atoms with E-state index < -0.39 is 37.8 Å². The zero-order chi connectivity index (χ0) is 29.6. The molecule has 0 radical (unpaired) electrons. The summed E-state index contributed by atoms with van der Waals surface area (Å²) in [7, 11) is -3.99. The third-order valence-electron chi connectivity index (χ3n) is 5.03. The van der Waals surface area contributed by atoms with E-state index in [1.54, 1.807) is 57.3 Å². The van der Waals surface area contributed by atoms with Crippen LogP contribution in [0.2, 0.25) is 0 Å². The van der Waals surface area contributed by atoms with Crippen molar-refractivity contribution in [3.05, 3.63) is 52.6 Å². The number of para-hydroxylation sites is 1. The molecule has 1 aliphatic heterocycles. The van der Waals surface area contributed by atoms with Crippen molar-refractivity contribution in [2.24, 2.45) is 0 Å². The van der Waals surface area contributed by atoms with Gasteiger partial charge in [0, 0.05) is 18.1 Å². The number of nitrogen functional groups attached to an aromatic ring is 1. The summed E-state index contributed by atoms with van der Waals surface area (Å²) < 4.78 is 37.3. The Balaban J connectivity index is 0.00000142. The molecule has 0 amide bonds. The smallest absolute Gasteiger partial charge is 0.459 e. The fourth-order valence-corrected chi connectivity index (χ4v) is 4.84. The zero-order valence-corrected chi connectivity index (χ0v) is 24.1. The number of halogens is 1. The highest BCUT2D eigenvalue weighted by atomic mass is 35.5. The second-order valence-corrected chi connectivity index (χ2v) is 10.1. The number of aryl methyl sites for hydroxylation is 1. The Hall–Kier alpha value is -2.96. The first kappa shape index (κ1) is 34.1. The van der Waals surface area contributed by atoms with Crippen molar-refractivity contribution in [2.45, 2.75) is 65.0 Å². The first-order chi connectivity index (χ1) is 18.5. The van der Waals surface area contributed by atoms with Crippen LogP contribution in [0.15, 0.2) is 41.3 Å². The highest BCUT2D eigenvalue weighted by Gasteiger charge is 2.35. The van der Waals surface area contributed by atoms with E-state index in [2.05, 4.69) is 21.7 Å². The number of carbonyl (C=O) groups excluding carboxylic acids is 1. The Bertz CT molecular complexity index is 1150. The van der Waals surface area contributed by atoms with Crippen LogP contribution in [0.4, 0.5) is 5.82 Å². The van der Waals surface area contributed by atoms with Gasteiger partial charge in [-0.05, 0) is 52.7 Å². The summed E-state index contributed by atoms with van der Waals surface area (Å²) in [5, 5.41) is 9.53. The highest BCUT2D eigenvalue weighted by molar-refractivity contribution is 7.52. The van der Waals surface area contributed by atoms with Gasteiger partial charge in [-0.1, -0.05) is 18.2 Å². The summed E-state index contributed by atoms with van der Waals surface area (Å²) >= 11 is 4.64. The molecule has 1 fully saturated rings. The molecule has 13 nitrogen and oxygen atoms in total. The Labute approximate surface area is 232 Å². The van der Waals surface area contributed by atoms with Gasteiger partial charge in [-0.15, -0.1) is 11.6 Å². The first-order valence-electron chi connectivity index (χ1n) is 11.9. The topological polar surface area (TPSA) is 181 Å². The number of nitrogens with one attached hydrogen (secondary N) is 1. The molecule has 0 bridgehead atoms. The molecule has 39 heavy (non-hydrogen) atoms. The van der Waals surface area contributed by atoms with Gasteiger partial charge >= 0.3 is 19.4 Å². The fourth-order valence-electron chi connectivity index (χ4n) is 3.31. The third-order valence-corrected chi connectivity index (χ3v) is 6.67. The van der Waals surface area contributed by atoms with E-state index in [0.717, 1.165) is 0 Å². The average molecular weight is 591 g/mol. The van der Waals surface area contributed by atoms with Crippen LogP contribution < -0.4 is 21.0 Å². The van der Waals surface area contributed by atoms with Gasteiger partial charge in [-0.3, -0.25) is 18.7 Å². The summed E-state index contributed by atoms with van der Waals surface area (Å²) in [4.78, 5) is 36.6. The normalized spacial score (nSPS) is 18.4. The molecule has 218 valence electrons. The van der Waals surface area contributed by atoms with Crippen molar-refractivity contribution in [1.29, 1.82) is 0 Å². The number of anilines is 1. The zero-order valence-electron chi connectivity index (χ0n) is 22.5. The minimum absolute atomic E-state index is 0.0876. The molecule has 1 aliphatic rings. The minimum atomic E-state index is -3.99. The number of benzene rings is 1. The van der Waals surface area contributed by atoms with Gasteiger partial charge in [0.05, 0.1) is 18.8 Å². The number of nitrogens with zero attached hydrogens (tertiary/aromatic N) is 2.